The monoisotopic (exact) mass is 359 g/mol. The minimum absolute atomic E-state index is 0.0221. The van der Waals surface area contributed by atoms with Gasteiger partial charge in [0.15, 0.2) is 11.4 Å². The molecule has 2 aliphatic rings. The second-order valence-electron chi connectivity index (χ2n) is 6.43. The summed E-state index contributed by atoms with van der Waals surface area (Å²) in [6.45, 7) is 1.03. The molecule has 1 fully saturated rings. The molecule has 2 aliphatic heterocycles. The number of nitrogens with zero attached hydrogens (tertiary/aromatic N) is 3. The number of benzene rings is 1. The van der Waals surface area contributed by atoms with Crippen LogP contribution in [0.3, 0.4) is 0 Å². The molecule has 2 aromatic rings. The maximum Gasteiger partial charge on any atom is 0.277 e. The molecule has 2 bridgehead atoms. The van der Waals surface area contributed by atoms with Gasteiger partial charge in [-0.25, -0.2) is 0 Å². The van der Waals surface area contributed by atoms with E-state index in [9.17, 15) is 14.7 Å². The van der Waals surface area contributed by atoms with E-state index in [0.29, 0.717) is 18.2 Å². The van der Waals surface area contributed by atoms with E-state index in [4.69, 9.17) is 11.6 Å². The Hall–Kier alpha value is -2.47. The summed E-state index contributed by atoms with van der Waals surface area (Å²) in [5, 5.41) is 12.9. The van der Waals surface area contributed by atoms with Crippen molar-refractivity contribution in [2.45, 2.75) is 25.3 Å². The van der Waals surface area contributed by atoms with Gasteiger partial charge in [0.05, 0.1) is 6.04 Å². The fourth-order valence-electron chi connectivity index (χ4n) is 3.62. The van der Waals surface area contributed by atoms with Crippen LogP contribution in [0.15, 0.2) is 41.3 Å². The van der Waals surface area contributed by atoms with Crippen LogP contribution < -0.4 is 10.4 Å². The average molecular weight is 360 g/mol. The van der Waals surface area contributed by atoms with E-state index in [1.165, 1.54) is 6.07 Å². The number of pyridine rings is 1. The van der Waals surface area contributed by atoms with Gasteiger partial charge >= 0.3 is 0 Å². The molecule has 0 saturated carbocycles. The van der Waals surface area contributed by atoms with Gasteiger partial charge < -0.3 is 10.0 Å². The van der Waals surface area contributed by atoms with Crippen molar-refractivity contribution < 1.29 is 9.90 Å². The van der Waals surface area contributed by atoms with Gasteiger partial charge in [-0.3, -0.25) is 19.3 Å². The quantitative estimate of drug-likeness (QED) is 0.849. The molecule has 0 radical (unpaired) electrons. The van der Waals surface area contributed by atoms with E-state index in [-0.39, 0.29) is 17.6 Å². The van der Waals surface area contributed by atoms with Gasteiger partial charge in [-0.2, -0.15) is 0 Å². The number of amides is 1. The number of halogens is 1. The Morgan fingerprint density at radius 2 is 1.84 bits per heavy atom. The van der Waals surface area contributed by atoms with Crippen LogP contribution in [0.1, 0.15) is 41.4 Å². The largest absolute Gasteiger partial charge is 0.502 e. The second-order valence-corrected chi connectivity index (χ2v) is 6.87. The number of carbonyl (C=O) groups excluding carboxylic acids is 1. The van der Waals surface area contributed by atoms with Crippen LogP contribution in [0, 0.1) is 0 Å². The van der Waals surface area contributed by atoms with E-state index in [1.807, 2.05) is 29.3 Å². The number of aromatic nitrogens is 1. The van der Waals surface area contributed by atoms with Crippen LogP contribution in [0.2, 0.25) is 5.02 Å². The predicted octanol–water partition coefficient (Wildman–Crippen LogP) is 2.48. The number of hydrogen-bond acceptors (Lipinski definition) is 4. The maximum absolute atomic E-state index is 12.7. The van der Waals surface area contributed by atoms with E-state index >= 15 is 0 Å². The van der Waals surface area contributed by atoms with Gasteiger partial charge in [0, 0.05) is 23.8 Å². The minimum Gasteiger partial charge on any atom is -0.502 e. The highest BCUT2D eigenvalue weighted by Gasteiger charge is 2.36. The molecule has 6 nitrogen and oxygen atoms in total. The van der Waals surface area contributed by atoms with Crippen molar-refractivity contribution in [1.29, 1.82) is 0 Å². The lowest BCUT2D eigenvalue weighted by atomic mass is 9.99. The summed E-state index contributed by atoms with van der Waals surface area (Å²) in [4.78, 5) is 26.2. The molecule has 1 atom stereocenters. The summed E-state index contributed by atoms with van der Waals surface area (Å²) in [6, 6.07) is 8.99. The topological polar surface area (TPSA) is 65.8 Å². The highest BCUT2D eigenvalue weighted by atomic mass is 35.5. The van der Waals surface area contributed by atoms with Crippen LogP contribution in [-0.2, 0) is 0 Å². The third-order valence-corrected chi connectivity index (χ3v) is 5.16. The van der Waals surface area contributed by atoms with Crippen molar-refractivity contribution in [3.63, 3.8) is 0 Å². The zero-order valence-corrected chi connectivity index (χ0v) is 14.3. The summed E-state index contributed by atoms with van der Waals surface area (Å²) in [5.41, 5.74) is 0.589. The molecule has 130 valence electrons. The molecule has 1 aromatic carbocycles. The Balaban J connectivity index is 1.86. The molecular weight excluding hydrogens is 342 g/mol. The molecule has 25 heavy (non-hydrogen) atoms. The first-order valence-electron chi connectivity index (χ1n) is 8.32. The van der Waals surface area contributed by atoms with E-state index in [1.54, 1.807) is 15.8 Å². The first-order chi connectivity index (χ1) is 12.1. The van der Waals surface area contributed by atoms with Crippen LogP contribution in [0.25, 0.3) is 0 Å². The third kappa shape index (κ3) is 2.66. The summed E-state index contributed by atoms with van der Waals surface area (Å²) < 4.78 is 1.63. The van der Waals surface area contributed by atoms with Gasteiger partial charge in [0.1, 0.15) is 6.67 Å². The Bertz CT molecular complexity index is 878. The lowest BCUT2D eigenvalue weighted by Gasteiger charge is -2.45. The molecule has 4 rings (SSSR count). The minimum atomic E-state index is -0.540. The molecule has 7 heteroatoms. The number of aromatic hydroxyl groups is 1. The molecule has 0 spiro atoms. The Morgan fingerprint density at radius 3 is 2.60 bits per heavy atom. The van der Waals surface area contributed by atoms with Gasteiger partial charge in [-0.1, -0.05) is 23.7 Å². The SMILES string of the molecule is O=C1c2c(O)c(=O)ccn2N2CN1CCCCC2c1ccc(Cl)cc1. The molecular formula is C18H18ClN3O3. The summed E-state index contributed by atoms with van der Waals surface area (Å²) in [7, 11) is 0. The molecule has 1 saturated heterocycles. The van der Waals surface area contributed by atoms with Gasteiger partial charge in [0.25, 0.3) is 5.91 Å². The lowest BCUT2D eigenvalue weighted by molar-refractivity contribution is 0.0654. The molecule has 0 aliphatic carbocycles. The molecule has 3 heterocycles. The van der Waals surface area contributed by atoms with Gasteiger partial charge in [-0.15, -0.1) is 0 Å². The Morgan fingerprint density at radius 1 is 1.08 bits per heavy atom. The van der Waals surface area contributed by atoms with E-state index in [2.05, 4.69) is 0 Å². The fraction of sp³-hybridized carbons (Fsp3) is 0.333. The predicted molar refractivity (Wildman–Crippen MR) is 94.5 cm³/mol. The van der Waals surface area contributed by atoms with Crippen LogP contribution >= 0.6 is 11.6 Å². The maximum atomic E-state index is 12.7. The summed E-state index contributed by atoms with van der Waals surface area (Å²) in [5.74, 6) is -0.791. The van der Waals surface area contributed by atoms with Crippen molar-refractivity contribution in [3.8, 4) is 5.75 Å². The normalized spacial score (nSPS) is 20.0. The molecule has 1 N–H and O–H groups in total. The number of hydrogen-bond donors (Lipinski definition) is 1. The Kier molecular flexibility index (Phi) is 3.92. The zero-order valence-electron chi connectivity index (χ0n) is 13.6. The number of rotatable bonds is 1. The van der Waals surface area contributed by atoms with Crippen molar-refractivity contribution in [1.82, 2.24) is 9.58 Å². The highest BCUT2D eigenvalue weighted by molar-refractivity contribution is 6.30. The van der Waals surface area contributed by atoms with Crippen molar-refractivity contribution in [2.24, 2.45) is 0 Å². The van der Waals surface area contributed by atoms with E-state index < -0.39 is 11.2 Å². The Labute approximate surface area is 149 Å². The smallest absolute Gasteiger partial charge is 0.277 e. The number of carbonyl (C=O) groups is 1. The standard InChI is InChI=1S/C18H18ClN3O3/c19-13-6-4-12(5-7-13)14-3-1-2-9-20-11-22(14)21-10-8-15(23)17(24)16(21)18(20)25/h4-8,10,14,24H,1-3,9,11H2. The first kappa shape index (κ1) is 16.0. The van der Waals surface area contributed by atoms with Crippen LogP contribution in [-0.4, -0.2) is 33.8 Å². The van der Waals surface area contributed by atoms with Crippen molar-refractivity contribution >= 4 is 17.5 Å². The number of fused-ring (bicyclic) bond motifs is 4. The van der Waals surface area contributed by atoms with E-state index in [0.717, 1.165) is 24.8 Å². The molecule has 1 unspecified atom stereocenters. The lowest BCUT2D eigenvalue weighted by Crippen LogP contribution is -2.56. The van der Waals surface area contributed by atoms with Gasteiger partial charge in [-0.05, 0) is 37.0 Å². The molecule has 1 aromatic heterocycles. The fourth-order valence-corrected chi connectivity index (χ4v) is 3.75. The first-order valence-corrected chi connectivity index (χ1v) is 8.70. The molecule has 1 amide bonds. The van der Waals surface area contributed by atoms with Crippen molar-refractivity contribution in [3.05, 3.63) is 63.0 Å². The summed E-state index contributed by atoms with van der Waals surface area (Å²) >= 11 is 6.01. The van der Waals surface area contributed by atoms with Crippen LogP contribution in [0.5, 0.6) is 5.75 Å². The zero-order chi connectivity index (χ0) is 17.6. The average Bonchev–Trinajstić information content (AvgIpc) is 2.58. The highest BCUT2D eigenvalue weighted by Crippen LogP contribution is 2.32. The van der Waals surface area contributed by atoms with Gasteiger partial charge in [0.2, 0.25) is 5.43 Å². The third-order valence-electron chi connectivity index (χ3n) is 4.91. The second kappa shape index (κ2) is 6.11. The van der Waals surface area contributed by atoms with Crippen molar-refractivity contribution in [2.75, 3.05) is 18.2 Å². The summed E-state index contributed by atoms with van der Waals surface area (Å²) in [6.07, 6.45) is 4.35. The van der Waals surface area contributed by atoms with Crippen LogP contribution in [0.4, 0.5) is 0 Å².